The van der Waals surface area contributed by atoms with Crippen LogP contribution in [0, 0.1) is 17.3 Å². The lowest BCUT2D eigenvalue weighted by molar-refractivity contribution is -0.141. The molecule has 0 aromatic rings. The van der Waals surface area contributed by atoms with Crippen LogP contribution >= 0.6 is 0 Å². The van der Waals surface area contributed by atoms with Crippen LogP contribution in [0.4, 0.5) is 0 Å². The van der Waals surface area contributed by atoms with Gasteiger partial charge in [-0.2, -0.15) is 0 Å². The summed E-state index contributed by atoms with van der Waals surface area (Å²) in [5, 5.41) is 6.08. The molecular weight excluding hydrogens is 382 g/mol. The third kappa shape index (κ3) is 7.11. The van der Waals surface area contributed by atoms with Crippen LogP contribution in [0.2, 0.25) is 0 Å². The number of ether oxygens (including phenoxy) is 1. The van der Waals surface area contributed by atoms with Gasteiger partial charge >= 0.3 is 5.97 Å². The van der Waals surface area contributed by atoms with Crippen LogP contribution in [-0.4, -0.2) is 61.5 Å². The number of carbonyl (C=O) groups is 3. The van der Waals surface area contributed by atoms with Crippen LogP contribution < -0.4 is 10.6 Å². The first-order valence-corrected chi connectivity index (χ1v) is 10.9. The average molecular weight is 424 g/mol. The van der Waals surface area contributed by atoms with Gasteiger partial charge in [-0.15, -0.1) is 0 Å². The van der Waals surface area contributed by atoms with Gasteiger partial charge in [0.05, 0.1) is 18.7 Å². The first-order valence-electron chi connectivity index (χ1n) is 10.9. The molecule has 0 radical (unpaired) electrons. The van der Waals surface area contributed by atoms with E-state index in [2.05, 4.69) is 10.6 Å². The first kappa shape index (κ1) is 26.1. The normalized spacial score (nSPS) is 17.9. The van der Waals surface area contributed by atoms with Crippen LogP contribution in [-0.2, 0) is 19.1 Å². The van der Waals surface area contributed by atoms with Gasteiger partial charge in [0, 0.05) is 12.6 Å². The van der Waals surface area contributed by atoms with E-state index in [0.29, 0.717) is 18.1 Å². The Balaban J connectivity index is 3.09. The fourth-order valence-corrected chi connectivity index (χ4v) is 3.56. The summed E-state index contributed by atoms with van der Waals surface area (Å²) in [4.78, 5) is 40.0. The largest absolute Gasteiger partial charge is 0.463 e. The summed E-state index contributed by atoms with van der Waals surface area (Å²) in [6.07, 6.45) is 3.84. The minimum Gasteiger partial charge on any atom is -0.463 e. The molecule has 172 valence electrons. The molecule has 1 saturated carbocycles. The summed E-state index contributed by atoms with van der Waals surface area (Å²) >= 11 is 0. The van der Waals surface area contributed by atoms with E-state index < -0.39 is 11.5 Å². The molecule has 0 bridgehead atoms. The first-order chi connectivity index (χ1) is 13.8. The number of nitrogens with zero attached hydrogens (tertiary/aromatic N) is 1. The van der Waals surface area contributed by atoms with Crippen molar-refractivity contribution >= 4 is 17.8 Å². The zero-order valence-corrected chi connectivity index (χ0v) is 20.2. The number of hydrogen-bond acceptors (Lipinski definition) is 5. The van der Waals surface area contributed by atoms with Crippen molar-refractivity contribution in [2.75, 3.05) is 20.7 Å². The monoisotopic (exact) mass is 423 g/mol. The quantitative estimate of drug-likeness (QED) is 0.416. The molecule has 0 aromatic heterocycles. The predicted molar refractivity (Wildman–Crippen MR) is 119 cm³/mol. The van der Waals surface area contributed by atoms with Gasteiger partial charge in [-0.25, -0.2) is 4.79 Å². The Morgan fingerprint density at radius 3 is 2.17 bits per heavy atom. The Labute approximate surface area is 182 Å². The molecule has 0 aromatic carbocycles. The van der Waals surface area contributed by atoms with Gasteiger partial charge < -0.3 is 20.3 Å². The van der Waals surface area contributed by atoms with Crippen LogP contribution in [0.5, 0.6) is 0 Å². The lowest BCUT2D eigenvalue weighted by Gasteiger charge is -2.38. The van der Waals surface area contributed by atoms with E-state index in [1.807, 2.05) is 34.6 Å². The minimum atomic E-state index is -0.679. The molecule has 1 rings (SSSR count). The number of esters is 1. The van der Waals surface area contributed by atoms with Crippen molar-refractivity contribution in [2.24, 2.45) is 17.3 Å². The standard InChI is InChI=1S/C23H41N3O4/c1-10-30-22(29)15(4)13-17(14(2)3)26(9)21(28)19(23(5,6)7)25-20(27)18(24-8)16-11-12-16/h13-14,16-19,24H,10-12H2,1-9H3,(H,25,27)/b15-13+. The van der Waals surface area contributed by atoms with Gasteiger partial charge in [0.2, 0.25) is 11.8 Å². The summed E-state index contributed by atoms with van der Waals surface area (Å²) in [5.74, 6) is -0.279. The summed E-state index contributed by atoms with van der Waals surface area (Å²) < 4.78 is 5.07. The molecule has 30 heavy (non-hydrogen) atoms. The van der Waals surface area contributed by atoms with Crippen LogP contribution in [0.15, 0.2) is 11.6 Å². The highest BCUT2D eigenvalue weighted by atomic mass is 16.5. The Kier molecular flexibility index (Phi) is 9.53. The van der Waals surface area contributed by atoms with E-state index in [9.17, 15) is 14.4 Å². The molecule has 0 heterocycles. The highest BCUT2D eigenvalue weighted by Crippen LogP contribution is 2.33. The van der Waals surface area contributed by atoms with E-state index >= 15 is 0 Å². The Bertz CT molecular complexity index is 647. The van der Waals surface area contributed by atoms with E-state index in [1.54, 1.807) is 38.9 Å². The van der Waals surface area contributed by atoms with Gasteiger partial charge in [0.1, 0.15) is 6.04 Å². The topological polar surface area (TPSA) is 87.7 Å². The van der Waals surface area contributed by atoms with Crippen molar-refractivity contribution in [3.05, 3.63) is 11.6 Å². The minimum absolute atomic E-state index is 0.0798. The fourth-order valence-electron chi connectivity index (χ4n) is 3.56. The third-order valence-corrected chi connectivity index (χ3v) is 5.58. The van der Waals surface area contributed by atoms with E-state index in [1.165, 1.54) is 0 Å². The third-order valence-electron chi connectivity index (χ3n) is 5.58. The Hall–Kier alpha value is -1.89. The maximum absolute atomic E-state index is 13.5. The van der Waals surface area contributed by atoms with Crippen molar-refractivity contribution < 1.29 is 19.1 Å². The summed E-state index contributed by atoms with van der Waals surface area (Å²) in [5.41, 5.74) is 0.0000976. The van der Waals surface area contributed by atoms with E-state index in [-0.39, 0.29) is 35.8 Å². The molecule has 1 aliphatic carbocycles. The van der Waals surface area contributed by atoms with Crippen molar-refractivity contribution in [3.8, 4) is 0 Å². The van der Waals surface area contributed by atoms with Gasteiger partial charge in [-0.05, 0) is 51.0 Å². The molecule has 1 fully saturated rings. The van der Waals surface area contributed by atoms with Crippen molar-refractivity contribution in [1.29, 1.82) is 0 Å². The molecule has 7 nitrogen and oxygen atoms in total. The SMILES string of the molecule is CCOC(=O)/C(C)=C/C(C(C)C)N(C)C(=O)C(NC(=O)C(NC)C1CC1)C(C)(C)C. The van der Waals surface area contributed by atoms with Crippen LogP contribution in [0.1, 0.15) is 61.3 Å². The average Bonchev–Trinajstić information content (AvgIpc) is 3.47. The lowest BCUT2D eigenvalue weighted by Crippen LogP contribution is -2.59. The maximum Gasteiger partial charge on any atom is 0.333 e. The van der Waals surface area contributed by atoms with Crippen molar-refractivity contribution in [3.63, 3.8) is 0 Å². The van der Waals surface area contributed by atoms with Gasteiger partial charge in [-0.1, -0.05) is 40.7 Å². The zero-order valence-electron chi connectivity index (χ0n) is 20.2. The second-order valence-electron chi connectivity index (χ2n) is 9.67. The predicted octanol–water partition coefficient (Wildman–Crippen LogP) is 2.51. The molecule has 0 spiro atoms. The molecule has 0 saturated heterocycles. The number of carbonyl (C=O) groups excluding carboxylic acids is 3. The van der Waals surface area contributed by atoms with Crippen molar-refractivity contribution in [1.82, 2.24) is 15.5 Å². The zero-order chi connectivity index (χ0) is 23.2. The van der Waals surface area contributed by atoms with E-state index in [4.69, 9.17) is 4.74 Å². The second kappa shape index (κ2) is 10.9. The smallest absolute Gasteiger partial charge is 0.333 e. The molecule has 2 N–H and O–H groups in total. The molecule has 2 amide bonds. The summed E-state index contributed by atoms with van der Waals surface area (Å²) in [6, 6.07) is -1.26. The summed E-state index contributed by atoms with van der Waals surface area (Å²) in [7, 11) is 3.50. The van der Waals surface area contributed by atoms with Gasteiger partial charge in [-0.3, -0.25) is 9.59 Å². The van der Waals surface area contributed by atoms with E-state index in [0.717, 1.165) is 12.8 Å². The number of nitrogens with one attached hydrogen (secondary N) is 2. The number of amides is 2. The molecular formula is C23H41N3O4. The summed E-state index contributed by atoms with van der Waals surface area (Å²) in [6.45, 7) is 13.6. The number of hydrogen-bond donors (Lipinski definition) is 2. The molecule has 1 aliphatic rings. The lowest BCUT2D eigenvalue weighted by atomic mass is 9.84. The van der Waals surface area contributed by atoms with Gasteiger partial charge in [0.15, 0.2) is 0 Å². The second-order valence-corrected chi connectivity index (χ2v) is 9.67. The number of likely N-dealkylation sites (N-methyl/N-ethyl adjacent to an activating group) is 2. The van der Waals surface area contributed by atoms with Crippen molar-refractivity contribution in [2.45, 2.75) is 79.4 Å². The Morgan fingerprint density at radius 2 is 1.77 bits per heavy atom. The molecule has 3 unspecified atom stereocenters. The van der Waals surface area contributed by atoms with Crippen LogP contribution in [0.25, 0.3) is 0 Å². The maximum atomic E-state index is 13.5. The molecule has 7 heteroatoms. The fraction of sp³-hybridized carbons (Fsp3) is 0.783. The molecule has 3 atom stereocenters. The molecule has 0 aliphatic heterocycles. The van der Waals surface area contributed by atoms with Crippen LogP contribution in [0.3, 0.4) is 0 Å². The highest BCUT2D eigenvalue weighted by molar-refractivity contribution is 5.91. The van der Waals surface area contributed by atoms with Gasteiger partial charge in [0.25, 0.3) is 0 Å². The number of rotatable bonds is 10. The highest BCUT2D eigenvalue weighted by Gasteiger charge is 2.41. The Morgan fingerprint density at radius 1 is 1.20 bits per heavy atom.